The number of sulfonamides is 1. The molecule has 1 unspecified atom stereocenters. The predicted octanol–water partition coefficient (Wildman–Crippen LogP) is 3.30. The molecule has 3 rings (SSSR count). The smallest absolute Gasteiger partial charge is 0.262 e. The SMILES string of the molecule is Cc1ccc(NC(=O)C2CCCCN2)cc1S(=O)(=O)Nc1ccccc1.Cl. The number of halogens is 1. The highest BCUT2D eigenvalue weighted by molar-refractivity contribution is 7.92. The van der Waals surface area contributed by atoms with Crippen molar-refractivity contribution < 1.29 is 13.2 Å². The Hall–Kier alpha value is -2.09. The minimum absolute atomic E-state index is 0. The third kappa shape index (κ3) is 5.45. The Morgan fingerprint density at radius 1 is 1.07 bits per heavy atom. The molecule has 0 spiro atoms. The van der Waals surface area contributed by atoms with Gasteiger partial charge in [-0.3, -0.25) is 9.52 Å². The van der Waals surface area contributed by atoms with E-state index in [1.165, 1.54) is 6.07 Å². The molecule has 8 heteroatoms. The van der Waals surface area contributed by atoms with Gasteiger partial charge in [0.2, 0.25) is 5.91 Å². The zero-order valence-electron chi connectivity index (χ0n) is 15.1. The first kappa shape index (κ1) is 21.2. The first-order chi connectivity index (χ1) is 12.5. The summed E-state index contributed by atoms with van der Waals surface area (Å²) in [6.45, 7) is 2.56. The largest absolute Gasteiger partial charge is 0.325 e. The number of carbonyl (C=O) groups is 1. The fraction of sp³-hybridized carbons (Fsp3) is 0.316. The van der Waals surface area contributed by atoms with E-state index in [0.717, 1.165) is 25.8 Å². The van der Waals surface area contributed by atoms with Crippen molar-refractivity contribution in [1.29, 1.82) is 0 Å². The maximum atomic E-state index is 12.7. The number of nitrogens with one attached hydrogen (secondary N) is 3. The lowest BCUT2D eigenvalue weighted by Gasteiger charge is -2.22. The standard InChI is InChI=1S/C19H23N3O3S.ClH/c1-14-10-11-16(21-19(23)17-9-5-6-12-20-17)13-18(14)26(24,25)22-15-7-3-2-4-8-15;/h2-4,7-8,10-11,13,17,20,22H,5-6,9,12H2,1H3,(H,21,23);1H. The average molecular weight is 410 g/mol. The van der Waals surface area contributed by atoms with Crippen molar-refractivity contribution in [3.63, 3.8) is 0 Å². The Balaban J connectivity index is 0.00000261. The van der Waals surface area contributed by atoms with E-state index in [2.05, 4.69) is 15.4 Å². The summed E-state index contributed by atoms with van der Waals surface area (Å²) in [5.74, 6) is -0.132. The third-order valence-electron chi connectivity index (χ3n) is 4.40. The molecule has 27 heavy (non-hydrogen) atoms. The van der Waals surface area contributed by atoms with Gasteiger partial charge in [0.25, 0.3) is 10.0 Å². The predicted molar refractivity (Wildman–Crippen MR) is 110 cm³/mol. The Kier molecular flexibility index (Phi) is 7.24. The third-order valence-corrected chi connectivity index (χ3v) is 5.92. The van der Waals surface area contributed by atoms with E-state index in [4.69, 9.17) is 0 Å². The molecule has 0 saturated carbocycles. The molecule has 2 aromatic rings. The molecular weight excluding hydrogens is 386 g/mol. The van der Waals surface area contributed by atoms with E-state index >= 15 is 0 Å². The number of rotatable bonds is 5. The van der Waals surface area contributed by atoms with Crippen molar-refractivity contribution in [1.82, 2.24) is 5.32 Å². The number of piperidine rings is 1. The quantitative estimate of drug-likeness (QED) is 0.707. The number of hydrogen-bond donors (Lipinski definition) is 3. The van der Waals surface area contributed by atoms with Crippen molar-refractivity contribution in [2.45, 2.75) is 37.1 Å². The highest BCUT2D eigenvalue weighted by atomic mass is 35.5. The van der Waals surface area contributed by atoms with Crippen LogP contribution in [0.15, 0.2) is 53.4 Å². The van der Waals surface area contributed by atoms with E-state index in [1.54, 1.807) is 43.3 Å². The van der Waals surface area contributed by atoms with E-state index < -0.39 is 10.0 Å². The molecule has 1 fully saturated rings. The molecule has 6 nitrogen and oxygen atoms in total. The van der Waals surface area contributed by atoms with Crippen molar-refractivity contribution in [3.05, 3.63) is 54.1 Å². The maximum absolute atomic E-state index is 12.7. The van der Waals surface area contributed by atoms with E-state index in [-0.39, 0.29) is 29.3 Å². The van der Waals surface area contributed by atoms with Crippen LogP contribution in [0, 0.1) is 6.92 Å². The number of hydrogen-bond acceptors (Lipinski definition) is 4. The van der Waals surface area contributed by atoms with E-state index in [9.17, 15) is 13.2 Å². The molecule has 2 aromatic carbocycles. The molecule has 1 amide bonds. The topological polar surface area (TPSA) is 87.3 Å². The molecule has 1 saturated heterocycles. The maximum Gasteiger partial charge on any atom is 0.262 e. The van der Waals surface area contributed by atoms with Crippen LogP contribution in [0.25, 0.3) is 0 Å². The van der Waals surface area contributed by atoms with Crippen LogP contribution in [0.4, 0.5) is 11.4 Å². The summed E-state index contributed by atoms with van der Waals surface area (Å²) in [4.78, 5) is 12.5. The number of anilines is 2. The fourth-order valence-electron chi connectivity index (χ4n) is 2.99. The number of amides is 1. The van der Waals surface area contributed by atoms with Gasteiger partial charge in [-0.25, -0.2) is 8.42 Å². The lowest BCUT2D eigenvalue weighted by molar-refractivity contribution is -0.118. The number of para-hydroxylation sites is 1. The number of benzene rings is 2. The molecule has 1 aliphatic heterocycles. The van der Waals surface area contributed by atoms with Crippen molar-refractivity contribution >= 4 is 39.7 Å². The van der Waals surface area contributed by atoms with Crippen LogP contribution in [-0.4, -0.2) is 26.9 Å². The summed E-state index contributed by atoms with van der Waals surface area (Å²) in [7, 11) is -3.74. The van der Waals surface area contributed by atoms with Crippen molar-refractivity contribution in [2.24, 2.45) is 0 Å². The second kappa shape index (κ2) is 9.21. The van der Waals surface area contributed by atoms with E-state index in [1.807, 2.05) is 6.07 Å². The molecular formula is C19H24ClN3O3S. The Morgan fingerprint density at radius 3 is 2.48 bits per heavy atom. The summed E-state index contributed by atoms with van der Waals surface area (Å²) in [6.07, 6.45) is 2.87. The summed E-state index contributed by atoms with van der Waals surface area (Å²) < 4.78 is 28.0. The molecule has 0 aliphatic carbocycles. The minimum Gasteiger partial charge on any atom is -0.325 e. The monoisotopic (exact) mass is 409 g/mol. The van der Waals surface area contributed by atoms with Crippen LogP contribution in [0.3, 0.4) is 0 Å². The Labute approximate surface area is 166 Å². The van der Waals surface area contributed by atoms with Gasteiger partial charge in [0.15, 0.2) is 0 Å². The summed E-state index contributed by atoms with van der Waals surface area (Å²) in [6, 6.07) is 13.4. The molecule has 3 N–H and O–H groups in total. The van der Waals surface area contributed by atoms with Gasteiger partial charge in [-0.15, -0.1) is 12.4 Å². The highest BCUT2D eigenvalue weighted by Crippen LogP contribution is 2.23. The van der Waals surface area contributed by atoms with Gasteiger partial charge in [-0.05, 0) is 56.1 Å². The van der Waals surface area contributed by atoms with Crippen LogP contribution < -0.4 is 15.4 Å². The van der Waals surface area contributed by atoms with Crippen LogP contribution in [0.1, 0.15) is 24.8 Å². The van der Waals surface area contributed by atoms with Gasteiger partial charge >= 0.3 is 0 Å². The molecule has 0 bridgehead atoms. The van der Waals surface area contributed by atoms with Crippen molar-refractivity contribution in [3.8, 4) is 0 Å². The number of carbonyl (C=O) groups excluding carboxylic acids is 1. The molecule has 1 heterocycles. The zero-order valence-corrected chi connectivity index (χ0v) is 16.7. The Morgan fingerprint density at radius 2 is 1.81 bits per heavy atom. The average Bonchev–Trinajstić information content (AvgIpc) is 2.64. The van der Waals surface area contributed by atoms with Gasteiger partial charge in [0.1, 0.15) is 0 Å². The van der Waals surface area contributed by atoms with Crippen LogP contribution in [0.5, 0.6) is 0 Å². The summed E-state index contributed by atoms with van der Waals surface area (Å²) in [5, 5.41) is 6.01. The van der Waals surface area contributed by atoms with Gasteiger partial charge in [0, 0.05) is 11.4 Å². The first-order valence-electron chi connectivity index (χ1n) is 8.68. The first-order valence-corrected chi connectivity index (χ1v) is 10.2. The molecule has 146 valence electrons. The lowest BCUT2D eigenvalue weighted by Crippen LogP contribution is -2.43. The molecule has 0 radical (unpaired) electrons. The molecule has 1 aliphatic rings. The second-order valence-electron chi connectivity index (χ2n) is 6.44. The molecule has 0 aromatic heterocycles. The normalized spacial score (nSPS) is 16.9. The zero-order chi connectivity index (χ0) is 18.6. The lowest BCUT2D eigenvalue weighted by atomic mass is 10.0. The van der Waals surface area contributed by atoms with E-state index in [0.29, 0.717) is 16.9 Å². The summed E-state index contributed by atoms with van der Waals surface area (Å²) in [5.41, 5.74) is 1.58. The van der Waals surface area contributed by atoms with Gasteiger partial charge in [0.05, 0.1) is 10.9 Å². The number of aryl methyl sites for hydroxylation is 1. The molecule has 1 atom stereocenters. The highest BCUT2D eigenvalue weighted by Gasteiger charge is 2.22. The van der Waals surface area contributed by atoms with Crippen LogP contribution in [-0.2, 0) is 14.8 Å². The van der Waals surface area contributed by atoms with Crippen LogP contribution >= 0.6 is 12.4 Å². The van der Waals surface area contributed by atoms with Gasteiger partial charge in [-0.1, -0.05) is 30.7 Å². The second-order valence-corrected chi connectivity index (χ2v) is 8.09. The van der Waals surface area contributed by atoms with Gasteiger partial charge < -0.3 is 10.6 Å². The van der Waals surface area contributed by atoms with Crippen LogP contribution in [0.2, 0.25) is 0 Å². The Bertz CT molecular complexity index is 882. The summed E-state index contributed by atoms with van der Waals surface area (Å²) >= 11 is 0. The van der Waals surface area contributed by atoms with Gasteiger partial charge in [-0.2, -0.15) is 0 Å². The minimum atomic E-state index is -3.74. The van der Waals surface area contributed by atoms with Crippen molar-refractivity contribution in [2.75, 3.05) is 16.6 Å². The fourth-order valence-corrected chi connectivity index (χ4v) is 4.32.